The van der Waals surface area contributed by atoms with Gasteiger partial charge in [-0.25, -0.2) is 4.79 Å². The minimum Gasteiger partial charge on any atom is -0.454 e. The molecule has 1 aromatic carbocycles. The third-order valence-corrected chi connectivity index (χ3v) is 3.21. The van der Waals surface area contributed by atoms with Crippen LogP contribution in [-0.2, 0) is 16.0 Å². The first kappa shape index (κ1) is 8.72. The fraction of sp³-hybridized carbons (Fsp3) is 0.308. The molecule has 0 fully saturated rings. The van der Waals surface area contributed by atoms with Gasteiger partial charge >= 0.3 is 5.97 Å². The maximum Gasteiger partial charge on any atom is 0.335 e. The van der Waals surface area contributed by atoms with E-state index < -0.39 is 0 Å². The molecule has 0 aromatic heterocycles. The molecule has 0 N–H and O–H groups in total. The molecular formula is C13H12O2. The Hall–Kier alpha value is -1.57. The summed E-state index contributed by atoms with van der Waals surface area (Å²) in [6, 6.07) is 8.29. The number of carbonyl (C=O) groups excluding carboxylic acids is 1. The van der Waals surface area contributed by atoms with Crippen LogP contribution in [0.25, 0.3) is 5.57 Å². The third-order valence-electron chi connectivity index (χ3n) is 3.21. The van der Waals surface area contributed by atoms with Crippen LogP contribution in [0.1, 0.15) is 24.5 Å². The quantitative estimate of drug-likeness (QED) is 0.601. The zero-order chi connectivity index (χ0) is 10.4. The molecule has 0 bridgehead atoms. The number of rotatable bonds is 0. The second kappa shape index (κ2) is 2.96. The van der Waals surface area contributed by atoms with E-state index in [-0.39, 0.29) is 12.1 Å². The Kier molecular flexibility index (Phi) is 1.72. The SMILES string of the molecule is CC1OC(=O)C2=C1c1ccccc1CC2. The van der Waals surface area contributed by atoms with Gasteiger partial charge in [0.05, 0.1) is 0 Å². The lowest BCUT2D eigenvalue weighted by atomic mass is 9.85. The van der Waals surface area contributed by atoms with Crippen LogP contribution in [0.2, 0.25) is 0 Å². The van der Waals surface area contributed by atoms with Crippen molar-refractivity contribution < 1.29 is 9.53 Å². The van der Waals surface area contributed by atoms with Crippen molar-refractivity contribution in [2.24, 2.45) is 0 Å². The van der Waals surface area contributed by atoms with Gasteiger partial charge < -0.3 is 4.74 Å². The van der Waals surface area contributed by atoms with Crippen molar-refractivity contribution in [1.82, 2.24) is 0 Å². The van der Waals surface area contributed by atoms with Crippen molar-refractivity contribution >= 4 is 11.5 Å². The highest BCUT2D eigenvalue weighted by atomic mass is 16.5. The molecule has 0 spiro atoms. The topological polar surface area (TPSA) is 26.3 Å². The van der Waals surface area contributed by atoms with Crippen LogP contribution in [0, 0.1) is 0 Å². The van der Waals surface area contributed by atoms with Gasteiger partial charge in [-0.1, -0.05) is 24.3 Å². The Balaban J connectivity index is 2.22. The standard InChI is InChI=1S/C13H12O2/c1-8-12-10-5-3-2-4-9(10)6-7-11(12)13(14)15-8/h2-5,8H,6-7H2,1H3. The fourth-order valence-electron chi connectivity index (χ4n) is 2.52. The van der Waals surface area contributed by atoms with Gasteiger partial charge in [-0.15, -0.1) is 0 Å². The van der Waals surface area contributed by atoms with E-state index in [1.807, 2.05) is 19.1 Å². The molecule has 1 heterocycles. The van der Waals surface area contributed by atoms with Crippen LogP contribution in [0.5, 0.6) is 0 Å². The van der Waals surface area contributed by atoms with Gasteiger partial charge in [0.15, 0.2) is 0 Å². The summed E-state index contributed by atoms with van der Waals surface area (Å²) in [6.45, 7) is 1.95. The number of ether oxygens (including phenoxy) is 1. The Labute approximate surface area is 88.6 Å². The molecule has 1 atom stereocenters. The molecule has 2 aliphatic rings. The van der Waals surface area contributed by atoms with E-state index in [1.54, 1.807) is 0 Å². The van der Waals surface area contributed by atoms with Gasteiger partial charge in [0.1, 0.15) is 6.10 Å². The molecule has 3 rings (SSSR count). The predicted octanol–water partition coefficient (Wildman–Crippen LogP) is 2.33. The van der Waals surface area contributed by atoms with E-state index >= 15 is 0 Å². The molecule has 1 unspecified atom stereocenters. The van der Waals surface area contributed by atoms with E-state index in [4.69, 9.17) is 4.74 Å². The average molecular weight is 200 g/mol. The Morgan fingerprint density at radius 1 is 1.27 bits per heavy atom. The van der Waals surface area contributed by atoms with Crippen molar-refractivity contribution in [2.45, 2.75) is 25.9 Å². The van der Waals surface area contributed by atoms with Gasteiger partial charge in [-0.2, -0.15) is 0 Å². The molecule has 0 saturated heterocycles. The molecular weight excluding hydrogens is 188 g/mol. The molecule has 76 valence electrons. The molecule has 0 amide bonds. The minimum absolute atomic E-state index is 0.0750. The molecule has 1 aromatic rings. The number of carbonyl (C=O) groups is 1. The van der Waals surface area contributed by atoms with Crippen molar-refractivity contribution in [1.29, 1.82) is 0 Å². The van der Waals surface area contributed by atoms with E-state index in [1.165, 1.54) is 11.1 Å². The first-order valence-electron chi connectivity index (χ1n) is 5.29. The summed E-state index contributed by atoms with van der Waals surface area (Å²) in [4.78, 5) is 11.5. The maximum atomic E-state index is 11.5. The van der Waals surface area contributed by atoms with E-state index in [9.17, 15) is 4.79 Å². The van der Waals surface area contributed by atoms with E-state index in [0.717, 1.165) is 24.0 Å². The lowest BCUT2D eigenvalue weighted by molar-refractivity contribution is -0.139. The number of hydrogen-bond acceptors (Lipinski definition) is 2. The lowest BCUT2D eigenvalue weighted by Crippen LogP contribution is -2.08. The molecule has 2 heteroatoms. The minimum atomic E-state index is -0.119. The van der Waals surface area contributed by atoms with E-state index in [2.05, 4.69) is 12.1 Å². The van der Waals surface area contributed by atoms with Crippen molar-refractivity contribution in [3.63, 3.8) is 0 Å². The maximum absolute atomic E-state index is 11.5. The number of esters is 1. The van der Waals surface area contributed by atoms with Crippen LogP contribution in [0.4, 0.5) is 0 Å². The smallest absolute Gasteiger partial charge is 0.335 e. The summed E-state index contributed by atoms with van der Waals surface area (Å²) in [5.74, 6) is -0.119. The van der Waals surface area contributed by atoms with Crippen LogP contribution in [0.3, 0.4) is 0 Å². The highest BCUT2D eigenvalue weighted by Crippen LogP contribution is 2.39. The van der Waals surface area contributed by atoms with Crippen molar-refractivity contribution in [2.75, 3.05) is 0 Å². The van der Waals surface area contributed by atoms with Crippen molar-refractivity contribution in [3.05, 3.63) is 41.0 Å². The largest absolute Gasteiger partial charge is 0.454 e. The zero-order valence-corrected chi connectivity index (χ0v) is 8.62. The first-order valence-corrected chi connectivity index (χ1v) is 5.29. The molecule has 0 saturated carbocycles. The summed E-state index contributed by atoms with van der Waals surface area (Å²) < 4.78 is 5.25. The van der Waals surface area contributed by atoms with Gasteiger partial charge in [0.2, 0.25) is 0 Å². The number of fused-ring (bicyclic) bond motifs is 2. The summed E-state index contributed by atoms with van der Waals surface area (Å²) in [5.41, 5.74) is 4.54. The van der Waals surface area contributed by atoms with Crippen LogP contribution in [0.15, 0.2) is 29.8 Å². The molecule has 1 aliphatic carbocycles. The molecule has 15 heavy (non-hydrogen) atoms. The molecule has 0 radical (unpaired) electrons. The lowest BCUT2D eigenvalue weighted by Gasteiger charge is -2.17. The third kappa shape index (κ3) is 1.14. The van der Waals surface area contributed by atoms with Gasteiger partial charge in [0, 0.05) is 11.1 Å². The Bertz CT molecular complexity index is 471. The molecule has 2 nitrogen and oxygen atoms in total. The average Bonchev–Trinajstić information content (AvgIpc) is 2.55. The monoisotopic (exact) mass is 200 g/mol. The predicted molar refractivity (Wildman–Crippen MR) is 57.2 cm³/mol. The highest BCUT2D eigenvalue weighted by Gasteiger charge is 2.34. The number of aryl methyl sites for hydroxylation is 1. The fourth-order valence-corrected chi connectivity index (χ4v) is 2.52. The van der Waals surface area contributed by atoms with Crippen LogP contribution in [-0.4, -0.2) is 12.1 Å². The number of hydrogen-bond donors (Lipinski definition) is 0. The first-order chi connectivity index (χ1) is 7.27. The van der Waals surface area contributed by atoms with Gasteiger partial charge in [-0.05, 0) is 30.9 Å². The Morgan fingerprint density at radius 3 is 2.93 bits per heavy atom. The Morgan fingerprint density at radius 2 is 2.07 bits per heavy atom. The van der Waals surface area contributed by atoms with Crippen molar-refractivity contribution in [3.8, 4) is 0 Å². The molecule has 1 aliphatic heterocycles. The normalized spacial score (nSPS) is 23.5. The second-order valence-electron chi connectivity index (χ2n) is 4.10. The zero-order valence-electron chi connectivity index (χ0n) is 8.62. The highest BCUT2D eigenvalue weighted by molar-refractivity contribution is 6.03. The van der Waals surface area contributed by atoms with Gasteiger partial charge in [0.25, 0.3) is 0 Å². The summed E-state index contributed by atoms with van der Waals surface area (Å²) >= 11 is 0. The summed E-state index contributed by atoms with van der Waals surface area (Å²) in [7, 11) is 0. The van der Waals surface area contributed by atoms with Gasteiger partial charge in [-0.3, -0.25) is 0 Å². The second-order valence-corrected chi connectivity index (χ2v) is 4.10. The number of cyclic esters (lactones) is 1. The number of benzene rings is 1. The summed E-state index contributed by atoms with van der Waals surface area (Å²) in [5, 5.41) is 0. The van der Waals surface area contributed by atoms with Crippen LogP contribution < -0.4 is 0 Å². The van der Waals surface area contributed by atoms with E-state index in [0.29, 0.717) is 0 Å². The van der Waals surface area contributed by atoms with Crippen LogP contribution >= 0.6 is 0 Å². The summed E-state index contributed by atoms with van der Waals surface area (Å²) in [6.07, 6.45) is 1.71.